The summed E-state index contributed by atoms with van der Waals surface area (Å²) in [5.74, 6) is -1.50. The van der Waals surface area contributed by atoms with E-state index in [2.05, 4.69) is 10.0 Å². The first-order valence-corrected chi connectivity index (χ1v) is 7.14. The van der Waals surface area contributed by atoms with E-state index in [1.54, 1.807) is 0 Å². The molecule has 0 heterocycles. The van der Waals surface area contributed by atoms with Crippen molar-refractivity contribution in [1.29, 1.82) is 0 Å². The lowest BCUT2D eigenvalue weighted by molar-refractivity contribution is -0.153. The molecule has 0 aromatic heterocycles. The highest BCUT2D eigenvalue weighted by Gasteiger charge is 2.50. The molecule has 0 bridgehead atoms. The molecule has 1 fully saturated rings. The van der Waals surface area contributed by atoms with Gasteiger partial charge in [0, 0.05) is 11.3 Å². The standard InChI is InChI=1S/C15H18N4O3/c16-13(20)9-12-7-4-8-15(12,18-19-17)14(21)22-10-11-5-2-1-3-6-11/h1-3,5-6,12H,4,7-10H2,(H2,16,20)/t12-,15-/m0/s1. The minimum absolute atomic E-state index is 0.0134. The van der Waals surface area contributed by atoms with E-state index in [0.29, 0.717) is 19.3 Å². The van der Waals surface area contributed by atoms with Crippen molar-refractivity contribution in [2.24, 2.45) is 16.8 Å². The largest absolute Gasteiger partial charge is 0.460 e. The molecule has 22 heavy (non-hydrogen) atoms. The number of azide groups is 1. The summed E-state index contributed by atoms with van der Waals surface area (Å²) in [7, 11) is 0. The number of hydrogen-bond acceptors (Lipinski definition) is 4. The average Bonchev–Trinajstić information content (AvgIpc) is 2.89. The maximum absolute atomic E-state index is 12.5. The average molecular weight is 302 g/mol. The van der Waals surface area contributed by atoms with Crippen molar-refractivity contribution in [3.63, 3.8) is 0 Å². The number of primary amides is 1. The van der Waals surface area contributed by atoms with Gasteiger partial charge in [-0.3, -0.25) is 9.59 Å². The third-order valence-corrected chi connectivity index (χ3v) is 4.02. The van der Waals surface area contributed by atoms with Gasteiger partial charge in [-0.15, -0.1) is 0 Å². The highest BCUT2D eigenvalue weighted by atomic mass is 16.5. The van der Waals surface area contributed by atoms with E-state index >= 15 is 0 Å². The summed E-state index contributed by atoms with van der Waals surface area (Å²) in [6.45, 7) is 0.103. The zero-order valence-corrected chi connectivity index (χ0v) is 12.1. The van der Waals surface area contributed by atoms with Gasteiger partial charge in [0.15, 0.2) is 0 Å². The second kappa shape index (κ2) is 6.95. The highest BCUT2D eigenvalue weighted by Crippen LogP contribution is 2.42. The highest BCUT2D eigenvalue weighted by molar-refractivity contribution is 5.84. The Balaban J connectivity index is 2.14. The number of hydrogen-bond donors (Lipinski definition) is 1. The second-order valence-electron chi connectivity index (χ2n) is 5.44. The molecule has 116 valence electrons. The Kier molecular flexibility index (Phi) is 5.01. The molecule has 1 aromatic rings. The predicted octanol–water partition coefficient (Wildman–Crippen LogP) is 2.45. The quantitative estimate of drug-likeness (QED) is 0.376. The van der Waals surface area contributed by atoms with Crippen LogP contribution in [-0.2, 0) is 20.9 Å². The van der Waals surface area contributed by atoms with E-state index < -0.39 is 23.3 Å². The topological polar surface area (TPSA) is 118 Å². The molecule has 2 rings (SSSR count). The Morgan fingerprint density at radius 3 is 2.77 bits per heavy atom. The fourth-order valence-corrected chi connectivity index (χ4v) is 2.94. The van der Waals surface area contributed by atoms with Crippen LogP contribution in [0.25, 0.3) is 10.4 Å². The monoisotopic (exact) mass is 302 g/mol. The molecular weight excluding hydrogens is 284 g/mol. The number of benzene rings is 1. The van der Waals surface area contributed by atoms with Crippen LogP contribution in [-0.4, -0.2) is 17.4 Å². The Bertz CT molecular complexity index is 598. The number of ether oxygens (including phenoxy) is 1. The molecule has 1 amide bonds. The number of carbonyl (C=O) groups is 2. The van der Waals surface area contributed by atoms with Crippen LogP contribution in [0, 0.1) is 5.92 Å². The summed E-state index contributed by atoms with van der Waals surface area (Å²) in [5.41, 5.74) is 13.6. The molecule has 0 aliphatic heterocycles. The Morgan fingerprint density at radius 2 is 2.14 bits per heavy atom. The Morgan fingerprint density at radius 1 is 1.41 bits per heavy atom. The normalized spacial score (nSPS) is 23.5. The van der Waals surface area contributed by atoms with Gasteiger partial charge in [-0.2, -0.15) is 0 Å². The van der Waals surface area contributed by atoms with Gasteiger partial charge in [0.25, 0.3) is 0 Å². The number of rotatable bonds is 6. The molecule has 2 N–H and O–H groups in total. The summed E-state index contributed by atoms with van der Waals surface area (Å²) in [6, 6.07) is 9.23. The number of esters is 1. The van der Waals surface area contributed by atoms with E-state index in [-0.39, 0.29) is 13.0 Å². The van der Waals surface area contributed by atoms with Crippen LogP contribution < -0.4 is 5.73 Å². The van der Waals surface area contributed by atoms with Crippen LogP contribution in [0.15, 0.2) is 35.4 Å². The molecule has 7 heteroatoms. The zero-order chi connectivity index (χ0) is 16.0. The summed E-state index contributed by atoms with van der Waals surface area (Å²) in [6.07, 6.45) is 1.70. The van der Waals surface area contributed by atoms with Crippen molar-refractivity contribution < 1.29 is 14.3 Å². The molecule has 1 saturated carbocycles. The molecular formula is C15H18N4O3. The van der Waals surface area contributed by atoms with Crippen LogP contribution in [0.3, 0.4) is 0 Å². The summed E-state index contributed by atoms with van der Waals surface area (Å²) < 4.78 is 5.32. The van der Waals surface area contributed by atoms with E-state index in [1.807, 2.05) is 30.3 Å². The van der Waals surface area contributed by atoms with Crippen LogP contribution in [0.1, 0.15) is 31.2 Å². The van der Waals surface area contributed by atoms with Gasteiger partial charge in [-0.1, -0.05) is 41.9 Å². The summed E-state index contributed by atoms with van der Waals surface area (Å²) in [5, 5.41) is 3.70. The minimum Gasteiger partial charge on any atom is -0.460 e. The lowest BCUT2D eigenvalue weighted by Gasteiger charge is -2.27. The molecule has 7 nitrogen and oxygen atoms in total. The predicted molar refractivity (Wildman–Crippen MR) is 79.3 cm³/mol. The fourth-order valence-electron chi connectivity index (χ4n) is 2.94. The molecule has 0 spiro atoms. The summed E-state index contributed by atoms with van der Waals surface area (Å²) >= 11 is 0. The van der Waals surface area contributed by atoms with E-state index in [1.165, 1.54) is 0 Å². The van der Waals surface area contributed by atoms with Crippen LogP contribution in [0.5, 0.6) is 0 Å². The number of nitrogens with zero attached hydrogens (tertiary/aromatic N) is 3. The van der Waals surface area contributed by atoms with E-state index in [9.17, 15) is 9.59 Å². The third kappa shape index (κ3) is 3.38. The lowest BCUT2D eigenvalue weighted by Crippen LogP contribution is -2.42. The van der Waals surface area contributed by atoms with Gasteiger partial charge >= 0.3 is 5.97 Å². The number of amides is 1. The zero-order valence-electron chi connectivity index (χ0n) is 12.1. The summed E-state index contributed by atoms with van der Waals surface area (Å²) in [4.78, 5) is 26.5. The lowest BCUT2D eigenvalue weighted by atomic mass is 9.85. The molecule has 1 aliphatic carbocycles. The van der Waals surface area contributed by atoms with Crippen molar-refractivity contribution in [3.8, 4) is 0 Å². The van der Waals surface area contributed by atoms with E-state index in [4.69, 9.17) is 16.0 Å². The first-order valence-electron chi connectivity index (χ1n) is 7.14. The maximum Gasteiger partial charge on any atom is 0.318 e. The van der Waals surface area contributed by atoms with Gasteiger partial charge in [0.05, 0.1) is 0 Å². The second-order valence-corrected chi connectivity index (χ2v) is 5.44. The van der Waals surface area contributed by atoms with Crippen LogP contribution >= 0.6 is 0 Å². The first kappa shape index (κ1) is 15.9. The first-order chi connectivity index (χ1) is 10.6. The minimum atomic E-state index is -1.32. The molecule has 2 atom stereocenters. The molecule has 1 aromatic carbocycles. The maximum atomic E-state index is 12.5. The van der Waals surface area contributed by atoms with Crippen molar-refractivity contribution in [2.45, 2.75) is 37.8 Å². The van der Waals surface area contributed by atoms with Crippen LogP contribution in [0.2, 0.25) is 0 Å². The SMILES string of the molecule is [N-]=[N+]=N[C@@]1(C(=O)OCc2ccccc2)CCC[C@H]1CC(N)=O. The third-order valence-electron chi connectivity index (χ3n) is 4.02. The molecule has 0 unspecified atom stereocenters. The molecule has 0 saturated heterocycles. The van der Waals surface area contributed by atoms with Crippen molar-refractivity contribution >= 4 is 11.9 Å². The number of nitrogens with two attached hydrogens (primary N) is 1. The Hall–Kier alpha value is -2.53. The van der Waals surface area contributed by atoms with Crippen molar-refractivity contribution in [1.82, 2.24) is 0 Å². The van der Waals surface area contributed by atoms with Gasteiger partial charge in [0.1, 0.15) is 12.1 Å². The van der Waals surface area contributed by atoms with Crippen molar-refractivity contribution in [2.75, 3.05) is 0 Å². The van der Waals surface area contributed by atoms with Gasteiger partial charge in [0.2, 0.25) is 5.91 Å². The van der Waals surface area contributed by atoms with Gasteiger partial charge in [-0.25, -0.2) is 0 Å². The van der Waals surface area contributed by atoms with E-state index in [0.717, 1.165) is 5.56 Å². The van der Waals surface area contributed by atoms with Gasteiger partial charge in [-0.05, 0) is 29.9 Å². The Labute approximate surface area is 128 Å². The molecule has 1 aliphatic rings. The number of carbonyl (C=O) groups excluding carboxylic acids is 2. The molecule has 0 radical (unpaired) electrons. The van der Waals surface area contributed by atoms with Crippen LogP contribution in [0.4, 0.5) is 0 Å². The fraction of sp³-hybridized carbons (Fsp3) is 0.467. The van der Waals surface area contributed by atoms with Gasteiger partial charge < -0.3 is 10.5 Å². The van der Waals surface area contributed by atoms with Crippen molar-refractivity contribution in [3.05, 3.63) is 46.3 Å². The smallest absolute Gasteiger partial charge is 0.318 e.